The van der Waals surface area contributed by atoms with Gasteiger partial charge in [0.2, 0.25) is 4.77 Å². The Hall–Kier alpha value is -1.54. The van der Waals surface area contributed by atoms with Crippen molar-refractivity contribution in [2.45, 2.75) is 20.4 Å². The Kier molecular flexibility index (Phi) is 5.63. The number of hydrogen-bond acceptors (Lipinski definition) is 5. The zero-order chi connectivity index (χ0) is 15.2. The van der Waals surface area contributed by atoms with Crippen LogP contribution < -0.4 is 14.9 Å². The van der Waals surface area contributed by atoms with Crippen LogP contribution in [0, 0.1) is 4.77 Å². The third kappa shape index (κ3) is 3.98. The lowest BCUT2D eigenvalue weighted by Gasteiger charge is -2.15. The molecule has 2 rings (SSSR count). The Balaban J connectivity index is 2.20. The van der Waals surface area contributed by atoms with E-state index >= 15 is 0 Å². The molecule has 0 saturated heterocycles. The van der Waals surface area contributed by atoms with Gasteiger partial charge in [-0.15, -0.1) is 0 Å². The second-order valence-corrected chi connectivity index (χ2v) is 5.36. The summed E-state index contributed by atoms with van der Waals surface area (Å²) in [5, 5.41) is 6.54. The second-order valence-electron chi connectivity index (χ2n) is 4.12. The van der Waals surface area contributed by atoms with Crippen LogP contribution in [-0.4, -0.2) is 28.1 Å². The fourth-order valence-corrected chi connectivity index (χ4v) is 2.41. The molecule has 0 radical (unpaired) electrons. The number of aromatic amines is 1. The van der Waals surface area contributed by atoms with Crippen molar-refractivity contribution in [3.8, 4) is 11.5 Å². The van der Waals surface area contributed by atoms with E-state index < -0.39 is 0 Å². The molecule has 0 unspecified atom stereocenters. The normalized spacial score (nSPS) is 10.4. The molecule has 0 amide bonds. The van der Waals surface area contributed by atoms with E-state index in [1.807, 2.05) is 26.0 Å². The second kappa shape index (κ2) is 7.46. The van der Waals surface area contributed by atoms with Crippen LogP contribution >= 0.6 is 28.1 Å². The Labute approximate surface area is 136 Å². The van der Waals surface area contributed by atoms with Crippen molar-refractivity contribution in [3.63, 3.8) is 0 Å². The minimum absolute atomic E-state index is 0.516. The van der Waals surface area contributed by atoms with Crippen molar-refractivity contribution in [3.05, 3.63) is 33.3 Å². The van der Waals surface area contributed by atoms with Gasteiger partial charge in [0.25, 0.3) is 0 Å². The summed E-state index contributed by atoms with van der Waals surface area (Å²) >= 11 is 8.63. The molecule has 0 fully saturated rings. The molecule has 6 nitrogen and oxygen atoms in total. The molecule has 2 aromatic rings. The zero-order valence-electron chi connectivity index (χ0n) is 11.9. The molecular weight excluding hydrogens is 356 g/mol. The summed E-state index contributed by atoms with van der Waals surface area (Å²) in [7, 11) is 0. The van der Waals surface area contributed by atoms with Gasteiger partial charge >= 0.3 is 0 Å². The molecule has 2 N–H and O–H groups in total. The molecule has 1 aromatic carbocycles. The Morgan fingerprint density at radius 1 is 1.29 bits per heavy atom. The van der Waals surface area contributed by atoms with Crippen LogP contribution in [-0.2, 0) is 6.54 Å². The van der Waals surface area contributed by atoms with Crippen molar-refractivity contribution >= 4 is 28.1 Å². The van der Waals surface area contributed by atoms with E-state index in [4.69, 9.17) is 21.7 Å². The van der Waals surface area contributed by atoms with Crippen LogP contribution in [0.3, 0.4) is 0 Å². The summed E-state index contributed by atoms with van der Waals surface area (Å²) in [6.45, 7) is 5.64. The molecule has 1 aromatic heterocycles. The summed E-state index contributed by atoms with van der Waals surface area (Å²) in [6.07, 6.45) is 1.59. The van der Waals surface area contributed by atoms with Gasteiger partial charge in [-0.25, -0.2) is 4.68 Å². The van der Waals surface area contributed by atoms with Gasteiger partial charge in [0.05, 0.1) is 19.8 Å². The minimum atomic E-state index is 0.516. The topological polar surface area (TPSA) is 64.1 Å². The Morgan fingerprint density at radius 3 is 2.52 bits per heavy atom. The highest BCUT2D eigenvalue weighted by Gasteiger charge is 2.10. The predicted octanol–water partition coefficient (Wildman–Crippen LogP) is 3.24. The molecule has 114 valence electrons. The molecule has 0 spiro atoms. The van der Waals surface area contributed by atoms with E-state index in [9.17, 15) is 0 Å². The maximum Gasteiger partial charge on any atom is 0.214 e. The van der Waals surface area contributed by atoms with Gasteiger partial charge in [0, 0.05) is 4.47 Å². The van der Waals surface area contributed by atoms with Crippen LogP contribution in [0.2, 0.25) is 0 Å². The summed E-state index contributed by atoms with van der Waals surface area (Å²) in [6, 6.07) is 3.87. The van der Waals surface area contributed by atoms with Gasteiger partial charge < -0.3 is 14.9 Å². The van der Waals surface area contributed by atoms with Gasteiger partial charge in [-0.05, 0) is 43.8 Å². The molecule has 0 bridgehead atoms. The lowest BCUT2D eigenvalue weighted by Crippen LogP contribution is -2.14. The fraction of sp³-hybridized carbons (Fsp3) is 0.385. The molecular formula is C13H17BrN4O2S. The number of aromatic nitrogens is 3. The van der Waals surface area contributed by atoms with Crippen molar-refractivity contribution in [2.24, 2.45) is 0 Å². The lowest BCUT2D eigenvalue weighted by molar-refractivity contribution is 0.287. The predicted molar refractivity (Wildman–Crippen MR) is 87.0 cm³/mol. The summed E-state index contributed by atoms with van der Waals surface area (Å²) < 4.78 is 14.3. The smallest absolute Gasteiger partial charge is 0.214 e. The number of rotatable bonds is 7. The molecule has 1 heterocycles. The molecule has 0 saturated carbocycles. The first kappa shape index (κ1) is 15.8. The number of nitrogens with zero attached hydrogens (tertiary/aromatic N) is 2. The number of ether oxygens (including phenoxy) is 2. The van der Waals surface area contributed by atoms with E-state index in [-0.39, 0.29) is 0 Å². The average Bonchev–Trinajstić information content (AvgIpc) is 2.86. The molecule has 0 aliphatic rings. The van der Waals surface area contributed by atoms with Crippen LogP contribution in [0.1, 0.15) is 19.4 Å². The maximum atomic E-state index is 5.63. The first-order valence-corrected chi connectivity index (χ1v) is 7.79. The third-order valence-electron chi connectivity index (χ3n) is 2.70. The molecule has 0 aliphatic heterocycles. The van der Waals surface area contributed by atoms with Crippen LogP contribution in [0.15, 0.2) is 22.9 Å². The number of hydrogen-bond donors (Lipinski definition) is 2. The zero-order valence-corrected chi connectivity index (χ0v) is 14.3. The monoisotopic (exact) mass is 372 g/mol. The summed E-state index contributed by atoms with van der Waals surface area (Å²) in [5.41, 5.74) is 4.20. The van der Waals surface area contributed by atoms with Gasteiger partial charge in [-0.1, -0.05) is 15.9 Å². The van der Waals surface area contributed by atoms with Gasteiger partial charge in [-0.3, -0.25) is 5.10 Å². The highest BCUT2D eigenvalue weighted by atomic mass is 79.9. The van der Waals surface area contributed by atoms with Crippen molar-refractivity contribution < 1.29 is 9.47 Å². The van der Waals surface area contributed by atoms with Crippen molar-refractivity contribution in [1.82, 2.24) is 14.9 Å². The molecule has 8 heteroatoms. The van der Waals surface area contributed by atoms with Crippen molar-refractivity contribution in [1.29, 1.82) is 0 Å². The maximum absolute atomic E-state index is 5.63. The largest absolute Gasteiger partial charge is 0.490 e. The van der Waals surface area contributed by atoms with E-state index in [0.29, 0.717) is 24.5 Å². The fourth-order valence-electron chi connectivity index (χ4n) is 1.78. The van der Waals surface area contributed by atoms with Crippen LogP contribution in [0.25, 0.3) is 0 Å². The molecule has 0 aliphatic carbocycles. The van der Waals surface area contributed by atoms with Crippen LogP contribution in [0.5, 0.6) is 11.5 Å². The van der Waals surface area contributed by atoms with Gasteiger partial charge in [0.1, 0.15) is 6.33 Å². The third-order valence-corrected chi connectivity index (χ3v) is 3.73. The first-order chi connectivity index (χ1) is 10.2. The van der Waals surface area contributed by atoms with E-state index in [1.165, 1.54) is 0 Å². The van der Waals surface area contributed by atoms with E-state index in [2.05, 4.69) is 31.6 Å². The number of H-pyrrole nitrogens is 1. The highest BCUT2D eigenvalue weighted by Crippen LogP contribution is 2.34. The van der Waals surface area contributed by atoms with Gasteiger partial charge in [0.15, 0.2) is 11.5 Å². The van der Waals surface area contributed by atoms with E-state index in [0.717, 1.165) is 21.5 Å². The Morgan fingerprint density at radius 2 is 1.95 bits per heavy atom. The Bertz CT molecular complexity index is 656. The molecule has 21 heavy (non-hydrogen) atoms. The number of halogens is 1. The SMILES string of the molecule is CCOc1cc(Br)c(CNn2cn[nH]c2=S)cc1OCC. The van der Waals surface area contributed by atoms with E-state index in [1.54, 1.807) is 11.0 Å². The first-order valence-electron chi connectivity index (χ1n) is 6.59. The highest BCUT2D eigenvalue weighted by molar-refractivity contribution is 9.10. The van der Waals surface area contributed by atoms with Crippen molar-refractivity contribution in [2.75, 3.05) is 18.6 Å². The minimum Gasteiger partial charge on any atom is -0.490 e. The lowest BCUT2D eigenvalue weighted by atomic mass is 10.2. The summed E-state index contributed by atoms with van der Waals surface area (Å²) in [4.78, 5) is 0. The average molecular weight is 373 g/mol. The molecule has 0 atom stereocenters. The number of benzene rings is 1. The van der Waals surface area contributed by atoms with Gasteiger partial charge in [-0.2, -0.15) is 5.10 Å². The summed E-state index contributed by atoms with van der Waals surface area (Å²) in [5.74, 6) is 1.46. The van der Waals surface area contributed by atoms with Crippen LogP contribution in [0.4, 0.5) is 0 Å². The standard InChI is InChI=1S/C13H17BrN4O2S/c1-3-19-11-5-9(10(14)6-12(11)20-4-2)7-16-18-8-15-17-13(18)21/h5-6,8,16H,3-4,7H2,1-2H3,(H,17,21). The quantitative estimate of drug-likeness (QED) is 0.730. The number of nitrogens with one attached hydrogen (secondary N) is 2.